The predicted molar refractivity (Wildman–Crippen MR) is 140 cm³/mol. The zero-order valence-corrected chi connectivity index (χ0v) is 21.8. The van der Waals surface area contributed by atoms with Crippen molar-refractivity contribution in [1.82, 2.24) is 24.6 Å². The summed E-state index contributed by atoms with van der Waals surface area (Å²) in [5.74, 6) is 1.57. The molecule has 8 nitrogen and oxygen atoms in total. The van der Waals surface area contributed by atoms with E-state index in [4.69, 9.17) is 4.42 Å². The number of carbonyl (C=O) groups is 2. The van der Waals surface area contributed by atoms with Gasteiger partial charge in [-0.3, -0.25) is 14.2 Å². The second-order valence-electron chi connectivity index (χ2n) is 8.78. The molecular formula is C26H27N5O3S2. The van der Waals surface area contributed by atoms with Gasteiger partial charge in [0.05, 0.1) is 24.1 Å². The lowest BCUT2D eigenvalue weighted by Crippen LogP contribution is -2.56. The number of amides is 2. The molecule has 186 valence electrons. The number of furan rings is 1. The lowest BCUT2D eigenvalue weighted by molar-refractivity contribution is -0.140. The first kappa shape index (κ1) is 24.3. The van der Waals surface area contributed by atoms with Gasteiger partial charge in [0.2, 0.25) is 17.6 Å². The highest BCUT2D eigenvalue weighted by atomic mass is 32.2. The van der Waals surface area contributed by atoms with Gasteiger partial charge in [0.25, 0.3) is 0 Å². The van der Waals surface area contributed by atoms with E-state index in [0.29, 0.717) is 42.8 Å². The molecule has 3 aromatic heterocycles. The average Bonchev–Trinajstić information content (AvgIpc) is 3.64. The number of carbonyl (C=O) groups excluding carboxylic acids is 2. The van der Waals surface area contributed by atoms with Gasteiger partial charge < -0.3 is 14.2 Å². The third-order valence-corrected chi connectivity index (χ3v) is 7.96. The minimum Gasteiger partial charge on any atom is -0.461 e. The Bertz CT molecular complexity index is 1330. The van der Waals surface area contributed by atoms with E-state index in [2.05, 4.69) is 16.3 Å². The summed E-state index contributed by atoms with van der Waals surface area (Å²) in [6, 6.07) is 15.6. The van der Waals surface area contributed by atoms with Crippen LogP contribution in [0.3, 0.4) is 0 Å². The van der Waals surface area contributed by atoms with Gasteiger partial charge in [0.15, 0.2) is 10.9 Å². The fourth-order valence-electron chi connectivity index (χ4n) is 4.36. The van der Waals surface area contributed by atoms with Gasteiger partial charge >= 0.3 is 0 Å². The Morgan fingerprint density at radius 1 is 1.11 bits per heavy atom. The van der Waals surface area contributed by atoms with Crippen molar-refractivity contribution in [2.45, 2.75) is 31.5 Å². The summed E-state index contributed by atoms with van der Waals surface area (Å²) in [6.45, 7) is 5.63. The molecular weight excluding hydrogens is 494 g/mol. The molecule has 1 aliphatic rings. The molecule has 0 spiro atoms. The van der Waals surface area contributed by atoms with Crippen molar-refractivity contribution in [1.29, 1.82) is 0 Å². The van der Waals surface area contributed by atoms with Crippen LogP contribution in [0, 0.1) is 6.92 Å². The Morgan fingerprint density at radius 2 is 2.00 bits per heavy atom. The Hall–Kier alpha value is -3.37. The molecule has 0 saturated carbocycles. The fraction of sp³-hybridized carbons (Fsp3) is 0.308. The van der Waals surface area contributed by atoms with Crippen LogP contribution >= 0.6 is 23.1 Å². The van der Waals surface area contributed by atoms with Crippen LogP contribution in [0.15, 0.2) is 69.7 Å². The quantitative estimate of drug-likeness (QED) is 0.337. The molecule has 1 aliphatic heterocycles. The monoisotopic (exact) mass is 521 g/mol. The first-order valence-corrected chi connectivity index (χ1v) is 13.6. The highest BCUT2D eigenvalue weighted by Crippen LogP contribution is 2.29. The summed E-state index contributed by atoms with van der Waals surface area (Å²) in [5, 5.41) is 11.3. The number of hydrogen-bond donors (Lipinski definition) is 0. The van der Waals surface area contributed by atoms with E-state index in [-0.39, 0.29) is 23.6 Å². The van der Waals surface area contributed by atoms with E-state index in [1.165, 1.54) is 11.8 Å². The van der Waals surface area contributed by atoms with Gasteiger partial charge in [0.1, 0.15) is 0 Å². The van der Waals surface area contributed by atoms with E-state index in [1.54, 1.807) is 17.6 Å². The van der Waals surface area contributed by atoms with Crippen molar-refractivity contribution in [3.63, 3.8) is 0 Å². The molecule has 1 unspecified atom stereocenters. The largest absolute Gasteiger partial charge is 0.461 e. The third-order valence-electron chi connectivity index (χ3n) is 6.17. The number of aromatic nitrogens is 3. The Balaban J connectivity index is 1.25. The van der Waals surface area contributed by atoms with Crippen LogP contribution in [-0.4, -0.2) is 67.8 Å². The molecule has 2 amide bonds. The second-order valence-corrected chi connectivity index (χ2v) is 10.8. The lowest BCUT2D eigenvalue weighted by atomic mass is 10.1. The van der Waals surface area contributed by atoms with Crippen LogP contribution in [0.25, 0.3) is 17.3 Å². The van der Waals surface area contributed by atoms with Gasteiger partial charge in [-0.1, -0.05) is 30.0 Å². The number of hydrogen-bond acceptors (Lipinski definition) is 7. The molecule has 0 radical (unpaired) electrons. The Labute approximate surface area is 217 Å². The summed E-state index contributed by atoms with van der Waals surface area (Å²) in [6.07, 6.45) is 2.02. The summed E-state index contributed by atoms with van der Waals surface area (Å²) in [7, 11) is 0. The third kappa shape index (κ3) is 5.24. The van der Waals surface area contributed by atoms with Crippen molar-refractivity contribution >= 4 is 34.9 Å². The fourth-order valence-corrected chi connectivity index (χ4v) is 5.92. The first-order chi connectivity index (χ1) is 17.5. The second kappa shape index (κ2) is 10.7. The lowest BCUT2D eigenvalue weighted by Gasteiger charge is -2.40. The van der Waals surface area contributed by atoms with Crippen LogP contribution in [0.1, 0.15) is 17.4 Å². The molecule has 5 rings (SSSR count). The van der Waals surface area contributed by atoms with Crippen molar-refractivity contribution < 1.29 is 14.0 Å². The van der Waals surface area contributed by atoms with Crippen LogP contribution < -0.4 is 0 Å². The average molecular weight is 522 g/mol. The van der Waals surface area contributed by atoms with Crippen molar-refractivity contribution in [2.24, 2.45) is 0 Å². The molecule has 10 heteroatoms. The van der Waals surface area contributed by atoms with Gasteiger partial charge in [0, 0.05) is 30.6 Å². The van der Waals surface area contributed by atoms with E-state index in [1.807, 2.05) is 76.1 Å². The number of piperazine rings is 1. The van der Waals surface area contributed by atoms with Gasteiger partial charge in [-0.15, -0.1) is 21.5 Å². The van der Waals surface area contributed by atoms with Crippen molar-refractivity contribution in [3.05, 3.63) is 70.6 Å². The van der Waals surface area contributed by atoms with Gasteiger partial charge in [-0.05, 0) is 55.1 Å². The minimum absolute atomic E-state index is 0.0237. The van der Waals surface area contributed by atoms with E-state index in [0.717, 1.165) is 16.1 Å². The minimum atomic E-state index is -0.0262. The van der Waals surface area contributed by atoms with E-state index >= 15 is 0 Å². The number of thiophene rings is 1. The van der Waals surface area contributed by atoms with Gasteiger partial charge in [-0.25, -0.2) is 0 Å². The SMILES string of the molecule is Cc1cccc(-n2c(SCC(=O)N3CCN(C(=O)Cc4cccs4)C(C)C3)nnc2-c2ccco2)c1. The smallest absolute Gasteiger partial charge is 0.233 e. The van der Waals surface area contributed by atoms with Crippen molar-refractivity contribution in [3.8, 4) is 17.3 Å². The summed E-state index contributed by atoms with van der Waals surface area (Å²) in [4.78, 5) is 30.7. The number of rotatable bonds is 7. The van der Waals surface area contributed by atoms with Gasteiger partial charge in [-0.2, -0.15) is 0 Å². The standard InChI is InChI=1S/C26H27N5O3S2/c1-18-6-3-7-20(14-18)31-25(22-9-4-12-34-22)27-28-26(31)36-17-24(33)29-10-11-30(19(2)16-29)23(32)15-21-8-5-13-35-21/h3-9,12-14,19H,10-11,15-17H2,1-2H3. The number of aryl methyl sites for hydroxylation is 1. The number of nitrogens with zero attached hydrogens (tertiary/aromatic N) is 5. The van der Waals surface area contributed by atoms with Crippen LogP contribution in [-0.2, 0) is 16.0 Å². The molecule has 0 aliphatic carbocycles. The molecule has 0 bridgehead atoms. The number of benzene rings is 1. The zero-order valence-electron chi connectivity index (χ0n) is 20.2. The number of thioether (sulfide) groups is 1. The Kier molecular flexibility index (Phi) is 7.24. The molecule has 1 atom stereocenters. The first-order valence-electron chi connectivity index (χ1n) is 11.8. The molecule has 4 aromatic rings. The molecule has 1 saturated heterocycles. The summed E-state index contributed by atoms with van der Waals surface area (Å²) < 4.78 is 7.50. The maximum atomic E-state index is 13.1. The summed E-state index contributed by atoms with van der Waals surface area (Å²) in [5.41, 5.74) is 2.02. The summed E-state index contributed by atoms with van der Waals surface area (Å²) >= 11 is 2.95. The molecule has 0 N–H and O–H groups in total. The van der Waals surface area contributed by atoms with Crippen LogP contribution in [0.5, 0.6) is 0 Å². The van der Waals surface area contributed by atoms with Crippen LogP contribution in [0.2, 0.25) is 0 Å². The van der Waals surface area contributed by atoms with Crippen LogP contribution in [0.4, 0.5) is 0 Å². The maximum absolute atomic E-state index is 13.1. The molecule has 1 fully saturated rings. The predicted octanol–water partition coefficient (Wildman–Crippen LogP) is 4.29. The molecule has 4 heterocycles. The highest BCUT2D eigenvalue weighted by Gasteiger charge is 2.30. The molecule has 36 heavy (non-hydrogen) atoms. The van der Waals surface area contributed by atoms with E-state index in [9.17, 15) is 9.59 Å². The topological polar surface area (TPSA) is 84.5 Å². The normalized spacial score (nSPS) is 15.9. The van der Waals surface area contributed by atoms with Crippen molar-refractivity contribution in [2.75, 3.05) is 25.4 Å². The maximum Gasteiger partial charge on any atom is 0.233 e. The van der Waals surface area contributed by atoms with E-state index < -0.39 is 0 Å². The Morgan fingerprint density at radius 3 is 2.72 bits per heavy atom. The highest BCUT2D eigenvalue weighted by molar-refractivity contribution is 7.99. The molecule has 1 aromatic carbocycles. The zero-order chi connectivity index (χ0) is 25.1.